The molecule has 24 heavy (non-hydrogen) atoms. The van der Waals surface area contributed by atoms with Gasteiger partial charge >= 0.3 is 5.97 Å². The molecule has 1 N–H and O–H groups in total. The number of nitrogens with zero attached hydrogens (tertiary/aromatic N) is 2. The molecule has 0 bridgehead atoms. The van der Waals surface area contributed by atoms with E-state index in [1.807, 2.05) is 24.3 Å². The smallest absolute Gasteiger partial charge is 0.303 e. The molecule has 1 aromatic carbocycles. The molecule has 0 aliphatic carbocycles. The molecule has 0 amide bonds. The van der Waals surface area contributed by atoms with Crippen LogP contribution < -0.4 is 0 Å². The van der Waals surface area contributed by atoms with E-state index in [1.54, 1.807) is 6.20 Å². The van der Waals surface area contributed by atoms with Gasteiger partial charge in [-0.05, 0) is 43.9 Å². The average Bonchev–Trinajstić information content (AvgIpc) is 3.02. The van der Waals surface area contributed by atoms with Crippen LogP contribution in [0.1, 0.15) is 31.6 Å². The molecule has 1 aromatic heterocycles. The Hall–Kier alpha value is -1.66. The number of carboxylic acid groups (broad SMARTS) is 1. The fourth-order valence-electron chi connectivity index (χ4n) is 3.18. The number of piperidine rings is 1. The third kappa shape index (κ3) is 4.68. The molecule has 2 aromatic rings. The lowest BCUT2D eigenvalue weighted by Crippen LogP contribution is -2.35. The molecule has 128 valence electrons. The maximum absolute atomic E-state index is 10.7. The summed E-state index contributed by atoms with van der Waals surface area (Å²) in [6.07, 6.45) is 4.99. The minimum absolute atomic E-state index is 0.255. The van der Waals surface area contributed by atoms with Crippen molar-refractivity contribution in [3.8, 4) is 11.3 Å². The number of halogens is 1. The zero-order valence-corrected chi connectivity index (χ0v) is 15.0. The highest BCUT2D eigenvalue weighted by Gasteiger charge is 2.22. The molecular weight excluding hydrogens is 372 g/mol. The molecule has 1 atom stereocenters. The summed E-state index contributed by atoms with van der Waals surface area (Å²) < 4.78 is 6.92. The normalized spacial score (nSPS) is 18.6. The number of oxazole rings is 1. The van der Waals surface area contributed by atoms with Crippen molar-refractivity contribution in [3.63, 3.8) is 0 Å². The van der Waals surface area contributed by atoms with Gasteiger partial charge in [0.25, 0.3) is 0 Å². The molecule has 1 unspecified atom stereocenters. The summed E-state index contributed by atoms with van der Waals surface area (Å²) in [5.74, 6) is 1.23. The predicted octanol–water partition coefficient (Wildman–Crippen LogP) is 4.18. The summed E-state index contributed by atoms with van der Waals surface area (Å²) >= 11 is 3.43. The van der Waals surface area contributed by atoms with Crippen LogP contribution in [0.4, 0.5) is 0 Å². The maximum atomic E-state index is 10.7. The SMILES string of the molecule is O=C(O)CCC1CCCN(Cc2ncc(-c3ccc(Br)cc3)o2)C1. The Bertz CT molecular complexity index is 684. The fraction of sp³-hybridized carbons (Fsp3) is 0.444. The molecule has 0 saturated carbocycles. The van der Waals surface area contributed by atoms with E-state index in [0.717, 1.165) is 48.1 Å². The van der Waals surface area contributed by atoms with Crippen LogP contribution in [0.3, 0.4) is 0 Å². The van der Waals surface area contributed by atoms with Gasteiger partial charge in [-0.2, -0.15) is 0 Å². The van der Waals surface area contributed by atoms with Crippen molar-refractivity contribution in [1.29, 1.82) is 0 Å². The molecule has 5 nitrogen and oxygen atoms in total. The van der Waals surface area contributed by atoms with E-state index in [0.29, 0.717) is 18.4 Å². The van der Waals surface area contributed by atoms with E-state index in [4.69, 9.17) is 9.52 Å². The summed E-state index contributed by atoms with van der Waals surface area (Å²) in [6.45, 7) is 2.61. The first-order valence-corrected chi connectivity index (χ1v) is 9.04. The number of carbonyl (C=O) groups is 1. The molecule has 0 spiro atoms. The minimum Gasteiger partial charge on any atom is -0.481 e. The van der Waals surface area contributed by atoms with Gasteiger partial charge in [-0.25, -0.2) is 4.98 Å². The summed E-state index contributed by atoms with van der Waals surface area (Å²) in [5.41, 5.74) is 1.01. The molecule has 1 aliphatic heterocycles. The standard InChI is InChI=1S/C18H21BrN2O3/c19-15-6-4-14(5-7-15)16-10-20-17(24-16)12-21-9-1-2-13(11-21)3-8-18(22)23/h4-7,10,13H,1-3,8-9,11-12H2,(H,22,23). The summed E-state index contributed by atoms with van der Waals surface area (Å²) in [5, 5.41) is 8.83. The van der Waals surface area contributed by atoms with Crippen LogP contribution in [0, 0.1) is 5.92 Å². The lowest BCUT2D eigenvalue weighted by molar-refractivity contribution is -0.137. The number of likely N-dealkylation sites (tertiary alicyclic amines) is 1. The molecule has 6 heteroatoms. The molecule has 0 radical (unpaired) electrons. The van der Waals surface area contributed by atoms with Gasteiger partial charge in [0.1, 0.15) is 0 Å². The Morgan fingerprint density at radius 1 is 1.38 bits per heavy atom. The monoisotopic (exact) mass is 392 g/mol. The van der Waals surface area contributed by atoms with Crippen LogP contribution >= 0.6 is 15.9 Å². The first-order chi connectivity index (χ1) is 11.6. The second-order valence-corrected chi connectivity index (χ2v) is 7.22. The van der Waals surface area contributed by atoms with Crippen LogP contribution in [0.2, 0.25) is 0 Å². The number of aliphatic carboxylic acids is 1. The molecule has 1 saturated heterocycles. The van der Waals surface area contributed by atoms with Crippen molar-refractivity contribution < 1.29 is 14.3 Å². The van der Waals surface area contributed by atoms with E-state index in [1.165, 1.54) is 0 Å². The maximum Gasteiger partial charge on any atom is 0.303 e. The van der Waals surface area contributed by atoms with E-state index in [-0.39, 0.29) is 6.42 Å². The Morgan fingerprint density at radius 2 is 2.17 bits per heavy atom. The number of rotatable bonds is 6. The number of aromatic nitrogens is 1. The Morgan fingerprint density at radius 3 is 2.92 bits per heavy atom. The van der Waals surface area contributed by atoms with Crippen molar-refractivity contribution in [2.75, 3.05) is 13.1 Å². The summed E-state index contributed by atoms with van der Waals surface area (Å²) in [7, 11) is 0. The van der Waals surface area contributed by atoms with Crippen LogP contribution in [0.15, 0.2) is 39.4 Å². The third-order valence-electron chi connectivity index (χ3n) is 4.41. The number of benzene rings is 1. The van der Waals surface area contributed by atoms with Gasteiger partial charge in [0, 0.05) is 23.0 Å². The molecule has 1 fully saturated rings. The molecule has 3 rings (SSSR count). The first-order valence-electron chi connectivity index (χ1n) is 8.25. The number of hydrogen-bond acceptors (Lipinski definition) is 4. The Labute approximate surface area is 149 Å². The van der Waals surface area contributed by atoms with Gasteiger partial charge in [0.2, 0.25) is 5.89 Å². The molecular formula is C18H21BrN2O3. The zero-order chi connectivity index (χ0) is 16.9. The zero-order valence-electron chi connectivity index (χ0n) is 13.4. The van der Waals surface area contributed by atoms with Gasteiger partial charge in [-0.1, -0.05) is 28.1 Å². The first kappa shape index (κ1) is 17.2. The van der Waals surface area contributed by atoms with Crippen LogP contribution in [0.5, 0.6) is 0 Å². The highest BCUT2D eigenvalue weighted by Crippen LogP contribution is 2.25. The highest BCUT2D eigenvalue weighted by atomic mass is 79.9. The van der Waals surface area contributed by atoms with Gasteiger partial charge in [-0.3, -0.25) is 9.69 Å². The van der Waals surface area contributed by atoms with Gasteiger partial charge < -0.3 is 9.52 Å². The van der Waals surface area contributed by atoms with Crippen molar-refractivity contribution in [1.82, 2.24) is 9.88 Å². The van der Waals surface area contributed by atoms with Crippen LogP contribution in [0.25, 0.3) is 11.3 Å². The molecule has 2 heterocycles. The Balaban J connectivity index is 1.58. The van der Waals surface area contributed by atoms with Crippen molar-refractivity contribution in [2.45, 2.75) is 32.2 Å². The minimum atomic E-state index is -0.709. The van der Waals surface area contributed by atoms with Crippen molar-refractivity contribution in [3.05, 3.63) is 40.8 Å². The van der Waals surface area contributed by atoms with E-state index >= 15 is 0 Å². The van der Waals surface area contributed by atoms with Gasteiger partial charge in [0.15, 0.2) is 5.76 Å². The topological polar surface area (TPSA) is 66.6 Å². The largest absolute Gasteiger partial charge is 0.481 e. The lowest BCUT2D eigenvalue weighted by atomic mass is 9.93. The average molecular weight is 393 g/mol. The summed E-state index contributed by atoms with van der Waals surface area (Å²) in [4.78, 5) is 17.4. The van der Waals surface area contributed by atoms with E-state index in [2.05, 4.69) is 25.8 Å². The highest BCUT2D eigenvalue weighted by molar-refractivity contribution is 9.10. The van der Waals surface area contributed by atoms with Crippen molar-refractivity contribution >= 4 is 21.9 Å². The Kier molecular flexibility index (Phi) is 5.68. The lowest BCUT2D eigenvalue weighted by Gasteiger charge is -2.31. The van der Waals surface area contributed by atoms with E-state index in [9.17, 15) is 4.79 Å². The summed E-state index contributed by atoms with van der Waals surface area (Å²) in [6, 6.07) is 7.96. The fourth-order valence-corrected chi connectivity index (χ4v) is 3.44. The number of carboxylic acids is 1. The molecule has 1 aliphatic rings. The second-order valence-electron chi connectivity index (χ2n) is 6.30. The second kappa shape index (κ2) is 7.94. The van der Waals surface area contributed by atoms with Gasteiger partial charge in [-0.15, -0.1) is 0 Å². The predicted molar refractivity (Wildman–Crippen MR) is 94.5 cm³/mol. The van der Waals surface area contributed by atoms with E-state index < -0.39 is 5.97 Å². The van der Waals surface area contributed by atoms with Crippen molar-refractivity contribution in [2.24, 2.45) is 5.92 Å². The third-order valence-corrected chi connectivity index (χ3v) is 4.94. The van der Waals surface area contributed by atoms with Crippen LogP contribution in [-0.2, 0) is 11.3 Å². The van der Waals surface area contributed by atoms with Crippen LogP contribution in [-0.4, -0.2) is 34.0 Å². The quantitative estimate of drug-likeness (QED) is 0.798. The van der Waals surface area contributed by atoms with Gasteiger partial charge in [0.05, 0.1) is 12.7 Å². The number of hydrogen-bond donors (Lipinski definition) is 1.